The number of primary amides is 1. The van der Waals surface area contributed by atoms with Crippen molar-refractivity contribution < 1.29 is 29.0 Å². The Morgan fingerprint density at radius 2 is 1.76 bits per heavy atom. The zero-order chi connectivity index (χ0) is 22.6. The van der Waals surface area contributed by atoms with Crippen molar-refractivity contribution in [2.45, 2.75) is 78.2 Å². The van der Waals surface area contributed by atoms with E-state index in [1.165, 1.54) is 4.90 Å². The van der Waals surface area contributed by atoms with E-state index in [0.717, 1.165) is 0 Å². The highest BCUT2D eigenvalue weighted by atomic mass is 16.6. The predicted molar refractivity (Wildman–Crippen MR) is 106 cm³/mol. The molecule has 10 heteroatoms. The number of hydrogen-bond acceptors (Lipinski definition) is 6. The lowest BCUT2D eigenvalue weighted by Gasteiger charge is -2.35. The van der Waals surface area contributed by atoms with Crippen molar-refractivity contribution in [1.29, 1.82) is 0 Å². The molecule has 29 heavy (non-hydrogen) atoms. The highest BCUT2D eigenvalue weighted by Crippen LogP contribution is 2.26. The fraction of sp³-hybridized carbons (Fsp3) is 0.789. The molecule has 0 aromatic rings. The molecule has 0 saturated carbocycles. The van der Waals surface area contributed by atoms with Gasteiger partial charge >= 0.3 is 6.09 Å². The summed E-state index contributed by atoms with van der Waals surface area (Å²) in [6.45, 7) is 10.5. The summed E-state index contributed by atoms with van der Waals surface area (Å²) >= 11 is 0. The maximum Gasteiger partial charge on any atom is 0.407 e. The molecule has 1 rings (SSSR count). The van der Waals surface area contributed by atoms with Crippen LogP contribution in [0.15, 0.2) is 0 Å². The number of hydrogen-bond donors (Lipinski definition) is 4. The van der Waals surface area contributed by atoms with Gasteiger partial charge in [0.15, 0.2) is 0 Å². The van der Waals surface area contributed by atoms with E-state index >= 15 is 0 Å². The third-order valence-electron chi connectivity index (χ3n) is 4.33. The number of rotatable bonds is 6. The average Bonchev–Trinajstić information content (AvgIpc) is 2.91. The Morgan fingerprint density at radius 1 is 1.17 bits per heavy atom. The van der Waals surface area contributed by atoms with Crippen LogP contribution in [0.1, 0.15) is 54.4 Å². The van der Waals surface area contributed by atoms with Crippen molar-refractivity contribution in [3.8, 4) is 0 Å². The average molecular weight is 415 g/mol. The first kappa shape index (κ1) is 24.7. The highest BCUT2D eigenvalue weighted by Gasteiger charge is 2.43. The molecular formula is C19H34N4O6. The number of carbonyl (C=O) groups excluding carboxylic acids is 4. The number of alkyl carbamates (subject to hydrolysis) is 1. The van der Waals surface area contributed by atoms with Gasteiger partial charge in [-0.15, -0.1) is 0 Å². The van der Waals surface area contributed by atoms with E-state index in [9.17, 15) is 24.3 Å². The second-order valence-corrected chi connectivity index (χ2v) is 9.34. The predicted octanol–water partition coefficient (Wildman–Crippen LogP) is -0.121. The lowest BCUT2D eigenvalue weighted by atomic mass is 9.85. The fourth-order valence-electron chi connectivity index (χ4n) is 2.97. The molecule has 0 bridgehead atoms. The summed E-state index contributed by atoms with van der Waals surface area (Å²) in [5.74, 6) is -1.62. The number of nitrogens with two attached hydrogens (primary N) is 1. The molecule has 1 aliphatic heterocycles. The number of β-amino-alcohol motifs (C(OH)–C–C–N with tert-alkyl or cyclic N) is 1. The molecule has 0 unspecified atom stereocenters. The van der Waals surface area contributed by atoms with Crippen molar-refractivity contribution in [3.63, 3.8) is 0 Å². The number of aliphatic hydroxyl groups excluding tert-OH is 1. The van der Waals surface area contributed by atoms with Crippen LogP contribution in [-0.2, 0) is 19.1 Å². The van der Waals surface area contributed by atoms with Crippen LogP contribution >= 0.6 is 0 Å². The number of aliphatic hydroxyl groups is 1. The number of carbonyl (C=O) groups is 4. The van der Waals surface area contributed by atoms with Gasteiger partial charge in [0.05, 0.1) is 6.10 Å². The van der Waals surface area contributed by atoms with Crippen molar-refractivity contribution in [3.05, 3.63) is 0 Å². The molecule has 0 aromatic heterocycles. The molecule has 1 aliphatic rings. The Hall–Kier alpha value is -2.36. The Labute approximate surface area is 171 Å². The lowest BCUT2D eigenvalue weighted by molar-refractivity contribution is -0.143. The summed E-state index contributed by atoms with van der Waals surface area (Å²) < 4.78 is 5.09. The highest BCUT2D eigenvalue weighted by molar-refractivity contribution is 5.92. The normalized spacial score (nSPS) is 20.7. The fourth-order valence-corrected chi connectivity index (χ4v) is 2.97. The Bertz CT molecular complexity index is 638. The molecule has 0 aromatic carbocycles. The van der Waals surface area contributed by atoms with Gasteiger partial charge in [-0.05, 0) is 26.2 Å². The van der Waals surface area contributed by atoms with E-state index in [4.69, 9.17) is 10.5 Å². The van der Waals surface area contributed by atoms with Crippen LogP contribution in [0.25, 0.3) is 0 Å². The van der Waals surface area contributed by atoms with Gasteiger partial charge in [-0.25, -0.2) is 4.79 Å². The summed E-state index contributed by atoms with van der Waals surface area (Å²) in [6.07, 6.45) is -1.46. The minimum Gasteiger partial charge on any atom is -0.444 e. The topological polar surface area (TPSA) is 151 Å². The molecule has 1 heterocycles. The van der Waals surface area contributed by atoms with Crippen molar-refractivity contribution >= 4 is 23.8 Å². The van der Waals surface area contributed by atoms with Gasteiger partial charge in [0.2, 0.25) is 17.7 Å². The van der Waals surface area contributed by atoms with E-state index in [1.54, 1.807) is 41.5 Å². The molecule has 0 spiro atoms. The van der Waals surface area contributed by atoms with Gasteiger partial charge in [-0.2, -0.15) is 0 Å². The molecule has 5 N–H and O–H groups in total. The summed E-state index contributed by atoms with van der Waals surface area (Å²) in [4.78, 5) is 49.9. The number of likely N-dealkylation sites (tertiary alicyclic amines) is 1. The number of ether oxygens (including phenoxy) is 1. The van der Waals surface area contributed by atoms with Gasteiger partial charge in [0.25, 0.3) is 0 Å². The van der Waals surface area contributed by atoms with Gasteiger partial charge in [-0.3, -0.25) is 14.4 Å². The maximum absolute atomic E-state index is 13.0. The van der Waals surface area contributed by atoms with Gasteiger partial charge in [0.1, 0.15) is 17.7 Å². The SMILES string of the molecule is CC(C)(C)OC(=O)NCCC(=O)N[C@H](C(=O)N1C[C@H](O)C[C@H]1C(N)=O)C(C)(C)C. The van der Waals surface area contributed by atoms with Crippen LogP contribution in [0.5, 0.6) is 0 Å². The summed E-state index contributed by atoms with van der Waals surface area (Å²) in [5, 5.41) is 15.0. The number of nitrogens with zero attached hydrogens (tertiary/aromatic N) is 1. The van der Waals surface area contributed by atoms with Gasteiger partial charge < -0.3 is 31.1 Å². The number of amides is 4. The molecule has 0 aliphatic carbocycles. The Balaban J connectivity index is 2.72. The first-order valence-corrected chi connectivity index (χ1v) is 9.66. The van der Waals surface area contributed by atoms with E-state index < -0.39 is 53.0 Å². The van der Waals surface area contributed by atoms with Crippen LogP contribution in [-0.4, -0.2) is 70.7 Å². The smallest absolute Gasteiger partial charge is 0.407 e. The molecule has 0 radical (unpaired) electrons. The zero-order valence-corrected chi connectivity index (χ0v) is 18.1. The molecule has 1 fully saturated rings. The van der Waals surface area contributed by atoms with Crippen LogP contribution in [0.4, 0.5) is 4.79 Å². The maximum atomic E-state index is 13.0. The van der Waals surface area contributed by atoms with Crippen LogP contribution < -0.4 is 16.4 Å². The second-order valence-electron chi connectivity index (χ2n) is 9.34. The summed E-state index contributed by atoms with van der Waals surface area (Å²) in [7, 11) is 0. The van der Waals surface area contributed by atoms with E-state index in [2.05, 4.69) is 10.6 Å². The van der Waals surface area contributed by atoms with E-state index in [0.29, 0.717) is 0 Å². The molecule has 1 saturated heterocycles. The minimum absolute atomic E-state index is 0.0188. The van der Waals surface area contributed by atoms with Crippen molar-refractivity contribution in [2.24, 2.45) is 11.1 Å². The Kier molecular flexibility index (Phi) is 8.02. The first-order valence-electron chi connectivity index (χ1n) is 9.66. The first-order chi connectivity index (χ1) is 13.1. The zero-order valence-electron chi connectivity index (χ0n) is 18.1. The van der Waals surface area contributed by atoms with E-state index in [-0.39, 0.29) is 25.9 Å². The molecule has 3 atom stereocenters. The van der Waals surface area contributed by atoms with Crippen molar-refractivity contribution in [2.75, 3.05) is 13.1 Å². The quantitative estimate of drug-likeness (QED) is 0.476. The molecule has 166 valence electrons. The van der Waals surface area contributed by atoms with Crippen LogP contribution in [0, 0.1) is 5.41 Å². The van der Waals surface area contributed by atoms with Crippen LogP contribution in [0.2, 0.25) is 0 Å². The van der Waals surface area contributed by atoms with E-state index in [1.807, 2.05) is 0 Å². The monoisotopic (exact) mass is 414 g/mol. The Morgan fingerprint density at radius 3 is 2.24 bits per heavy atom. The summed E-state index contributed by atoms with van der Waals surface area (Å²) in [6, 6.07) is -1.84. The largest absolute Gasteiger partial charge is 0.444 e. The van der Waals surface area contributed by atoms with Crippen molar-refractivity contribution in [1.82, 2.24) is 15.5 Å². The molecular weight excluding hydrogens is 380 g/mol. The van der Waals surface area contributed by atoms with Crippen LogP contribution in [0.3, 0.4) is 0 Å². The van der Waals surface area contributed by atoms with Gasteiger partial charge in [-0.1, -0.05) is 20.8 Å². The van der Waals surface area contributed by atoms with Gasteiger partial charge in [0, 0.05) is 25.9 Å². The minimum atomic E-state index is -0.927. The second kappa shape index (κ2) is 9.43. The number of nitrogens with one attached hydrogen (secondary N) is 2. The lowest BCUT2D eigenvalue weighted by Crippen LogP contribution is -2.57. The standard InChI is InChI=1S/C19H34N4O6/c1-18(2,3)14(16(27)23-10-11(24)9-12(23)15(20)26)22-13(25)7-8-21-17(28)29-19(4,5)6/h11-12,14,24H,7-10H2,1-6H3,(H2,20,26)(H,21,28)(H,22,25)/t11-,12+,14-/m1/s1. The molecule has 10 nitrogen and oxygen atoms in total. The molecule has 4 amide bonds. The third kappa shape index (κ3) is 7.88. The third-order valence-corrected chi connectivity index (χ3v) is 4.33. The summed E-state index contributed by atoms with van der Waals surface area (Å²) in [5.41, 5.74) is 4.06.